The molecule has 1 aromatic heterocycles. The van der Waals surface area contributed by atoms with Crippen molar-refractivity contribution < 1.29 is 14.7 Å². The van der Waals surface area contributed by atoms with Crippen LogP contribution in [0.25, 0.3) is 11.0 Å². The first kappa shape index (κ1) is 13.6. The van der Waals surface area contributed by atoms with Crippen molar-refractivity contribution in [2.45, 2.75) is 32.2 Å². The lowest BCUT2D eigenvalue weighted by molar-refractivity contribution is -0.148. The molecule has 1 aliphatic rings. The summed E-state index contributed by atoms with van der Waals surface area (Å²) in [6.45, 7) is 1.70. The van der Waals surface area contributed by atoms with Crippen LogP contribution in [0.3, 0.4) is 0 Å². The molecule has 1 saturated carbocycles. The lowest BCUT2D eigenvalue weighted by atomic mass is 9.85. The number of carboxylic acids is 1. The van der Waals surface area contributed by atoms with Crippen molar-refractivity contribution in [2.24, 2.45) is 5.41 Å². The molecule has 1 heterocycles. The number of carboxylic acid groups (broad SMARTS) is 1. The van der Waals surface area contributed by atoms with E-state index < -0.39 is 11.4 Å². The summed E-state index contributed by atoms with van der Waals surface area (Å²) in [5.74, 6) is -1.10. The highest BCUT2D eigenvalue weighted by Crippen LogP contribution is 2.38. The van der Waals surface area contributed by atoms with E-state index in [0.29, 0.717) is 18.4 Å². The van der Waals surface area contributed by atoms with Gasteiger partial charge in [0.05, 0.1) is 22.8 Å². The number of nitrogens with one attached hydrogen (secondary N) is 2. The highest BCUT2D eigenvalue weighted by Gasteiger charge is 2.45. The van der Waals surface area contributed by atoms with E-state index in [4.69, 9.17) is 0 Å². The van der Waals surface area contributed by atoms with E-state index in [1.807, 2.05) is 0 Å². The fourth-order valence-corrected chi connectivity index (χ4v) is 2.97. The molecule has 0 saturated heterocycles. The highest BCUT2D eigenvalue weighted by atomic mass is 16.4. The van der Waals surface area contributed by atoms with Crippen LogP contribution >= 0.6 is 0 Å². The molecule has 21 heavy (non-hydrogen) atoms. The molecule has 0 radical (unpaired) electrons. The molecule has 2 unspecified atom stereocenters. The largest absolute Gasteiger partial charge is 0.481 e. The number of fused-ring (bicyclic) bond motifs is 1. The molecular formula is C15H17N3O3. The van der Waals surface area contributed by atoms with E-state index in [1.165, 1.54) is 0 Å². The second-order valence-corrected chi connectivity index (χ2v) is 5.78. The van der Waals surface area contributed by atoms with Gasteiger partial charge in [0.15, 0.2) is 0 Å². The van der Waals surface area contributed by atoms with Gasteiger partial charge in [-0.25, -0.2) is 4.98 Å². The Balaban J connectivity index is 1.81. The van der Waals surface area contributed by atoms with Crippen LogP contribution in [0.15, 0.2) is 24.5 Å². The molecule has 1 amide bonds. The van der Waals surface area contributed by atoms with E-state index in [0.717, 1.165) is 17.5 Å². The van der Waals surface area contributed by atoms with Crippen molar-refractivity contribution >= 4 is 22.9 Å². The number of carbonyl (C=O) groups is 2. The highest BCUT2D eigenvalue weighted by molar-refractivity contribution is 5.97. The average Bonchev–Trinajstić information content (AvgIpc) is 3.06. The third-order valence-electron chi connectivity index (χ3n) is 4.43. The number of carbonyl (C=O) groups excluding carboxylic acids is 1. The van der Waals surface area contributed by atoms with Crippen molar-refractivity contribution in [3.63, 3.8) is 0 Å². The first-order valence-corrected chi connectivity index (χ1v) is 6.98. The maximum absolute atomic E-state index is 12.3. The Hall–Kier alpha value is -2.37. The Morgan fingerprint density at radius 3 is 3.05 bits per heavy atom. The fourth-order valence-electron chi connectivity index (χ4n) is 2.97. The summed E-state index contributed by atoms with van der Waals surface area (Å²) in [4.78, 5) is 30.8. The van der Waals surface area contributed by atoms with Crippen molar-refractivity contribution in [3.05, 3.63) is 30.1 Å². The third-order valence-corrected chi connectivity index (χ3v) is 4.43. The minimum Gasteiger partial charge on any atom is -0.481 e. The van der Waals surface area contributed by atoms with Gasteiger partial charge in [-0.2, -0.15) is 0 Å². The van der Waals surface area contributed by atoms with Gasteiger partial charge in [-0.15, -0.1) is 0 Å². The summed E-state index contributed by atoms with van der Waals surface area (Å²) in [5, 5.41) is 12.2. The normalized spacial score (nSPS) is 25.1. The van der Waals surface area contributed by atoms with Gasteiger partial charge in [-0.3, -0.25) is 9.59 Å². The van der Waals surface area contributed by atoms with Gasteiger partial charge >= 0.3 is 5.97 Å². The number of nitrogens with zero attached hydrogens (tertiary/aromatic N) is 1. The maximum Gasteiger partial charge on any atom is 0.311 e. The molecule has 2 aromatic rings. The number of rotatable bonds is 3. The Morgan fingerprint density at radius 1 is 1.48 bits per heavy atom. The smallest absolute Gasteiger partial charge is 0.311 e. The second kappa shape index (κ2) is 4.87. The van der Waals surface area contributed by atoms with E-state index in [-0.39, 0.29) is 11.9 Å². The summed E-state index contributed by atoms with van der Waals surface area (Å²) < 4.78 is 0. The standard InChI is InChI=1S/C15H17N3O3/c1-15(14(20)21)6-2-3-12(15)18-13(19)9-4-5-10-11(7-9)17-8-16-10/h4-5,7-8,12H,2-3,6H2,1H3,(H,16,17)(H,18,19)(H,20,21). The van der Waals surface area contributed by atoms with Gasteiger partial charge in [-0.1, -0.05) is 6.42 Å². The minimum absolute atomic E-state index is 0.245. The van der Waals surface area contributed by atoms with Crippen LogP contribution in [0.4, 0.5) is 0 Å². The molecule has 0 bridgehead atoms. The lowest BCUT2D eigenvalue weighted by Gasteiger charge is -2.27. The Morgan fingerprint density at radius 2 is 2.29 bits per heavy atom. The van der Waals surface area contributed by atoms with Crippen LogP contribution in [-0.2, 0) is 4.79 Å². The van der Waals surface area contributed by atoms with Crippen LogP contribution in [0, 0.1) is 5.41 Å². The molecule has 6 nitrogen and oxygen atoms in total. The summed E-state index contributed by atoms with van der Waals surface area (Å²) >= 11 is 0. The molecule has 0 aliphatic heterocycles. The van der Waals surface area contributed by atoms with E-state index >= 15 is 0 Å². The van der Waals surface area contributed by atoms with Gasteiger partial charge < -0.3 is 15.4 Å². The van der Waals surface area contributed by atoms with Crippen LogP contribution in [-0.4, -0.2) is 33.0 Å². The molecule has 110 valence electrons. The zero-order valence-corrected chi connectivity index (χ0v) is 11.7. The first-order chi connectivity index (χ1) is 10.0. The molecule has 1 aromatic carbocycles. The summed E-state index contributed by atoms with van der Waals surface area (Å²) in [5.41, 5.74) is 1.21. The quantitative estimate of drug-likeness (QED) is 0.804. The van der Waals surface area contributed by atoms with Crippen LogP contribution < -0.4 is 5.32 Å². The molecule has 1 aliphatic carbocycles. The van der Waals surface area contributed by atoms with Crippen LogP contribution in [0.5, 0.6) is 0 Å². The second-order valence-electron chi connectivity index (χ2n) is 5.78. The molecular weight excluding hydrogens is 270 g/mol. The van der Waals surface area contributed by atoms with Crippen LogP contribution in [0.2, 0.25) is 0 Å². The molecule has 0 spiro atoms. The molecule has 1 fully saturated rings. The monoisotopic (exact) mass is 287 g/mol. The van der Waals surface area contributed by atoms with E-state index in [2.05, 4.69) is 15.3 Å². The summed E-state index contributed by atoms with van der Waals surface area (Å²) in [7, 11) is 0. The number of amides is 1. The van der Waals surface area contributed by atoms with Crippen molar-refractivity contribution in [2.75, 3.05) is 0 Å². The lowest BCUT2D eigenvalue weighted by Crippen LogP contribution is -2.47. The van der Waals surface area contributed by atoms with Gasteiger partial charge in [0.25, 0.3) is 5.91 Å². The average molecular weight is 287 g/mol. The number of benzene rings is 1. The Labute approximate surface area is 121 Å². The Bertz CT molecular complexity index is 709. The molecule has 6 heteroatoms. The number of hydrogen-bond acceptors (Lipinski definition) is 3. The fraction of sp³-hybridized carbons (Fsp3) is 0.400. The molecule has 3 rings (SSSR count). The van der Waals surface area contributed by atoms with Crippen LogP contribution in [0.1, 0.15) is 36.5 Å². The number of aliphatic carboxylic acids is 1. The maximum atomic E-state index is 12.3. The SMILES string of the molecule is CC1(C(=O)O)CCCC1NC(=O)c1ccc2nc[nH]c2c1. The van der Waals surface area contributed by atoms with Gasteiger partial charge in [0.1, 0.15) is 0 Å². The number of aromatic nitrogens is 2. The van der Waals surface area contributed by atoms with Crippen molar-refractivity contribution in [1.82, 2.24) is 15.3 Å². The molecule has 2 atom stereocenters. The number of imidazole rings is 1. The van der Waals surface area contributed by atoms with Gasteiger partial charge in [0.2, 0.25) is 0 Å². The van der Waals surface area contributed by atoms with Crippen molar-refractivity contribution in [3.8, 4) is 0 Å². The number of aromatic amines is 1. The topological polar surface area (TPSA) is 95.1 Å². The number of hydrogen-bond donors (Lipinski definition) is 3. The van der Waals surface area contributed by atoms with E-state index in [1.54, 1.807) is 31.5 Å². The van der Waals surface area contributed by atoms with Gasteiger partial charge in [-0.05, 0) is 38.0 Å². The summed E-state index contributed by atoms with van der Waals surface area (Å²) in [6, 6.07) is 4.86. The van der Waals surface area contributed by atoms with Crippen molar-refractivity contribution in [1.29, 1.82) is 0 Å². The summed E-state index contributed by atoms with van der Waals surface area (Å²) in [6.07, 6.45) is 3.67. The van der Waals surface area contributed by atoms with E-state index in [9.17, 15) is 14.7 Å². The zero-order valence-electron chi connectivity index (χ0n) is 11.7. The first-order valence-electron chi connectivity index (χ1n) is 6.98. The predicted molar refractivity (Wildman–Crippen MR) is 76.9 cm³/mol. The van der Waals surface area contributed by atoms with Gasteiger partial charge in [0, 0.05) is 11.6 Å². The molecule has 3 N–H and O–H groups in total. The Kier molecular flexibility index (Phi) is 3.16. The third kappa shape index (κ3) is 2.26. The minimum atomic E-state index is -0.881. The number of H-pyrrole nitrogens is 1. The zero-order chi connectivity index (χ0) is 15.0. The predicted octanol–water partition coefficient (Wildman–Crippen LogP) is 1.94.